The maximum absolute atomic E-state index is 12.9. The SMILES string of the molecule is CCOc1cc(/C=N/NC(=O)C(NC(=O)c2ccc3c(c2)OCO3)C(C)C)ccc1OCc1ccc(Cl)cc1Cl. The van der Waals surface area contributed by atoms with Crippen molar-refractivity contribution in [1.29, 1.82) is 0 Å². The van der Waals surface area contributed by atoms with Crippen LogP contribution in [0.2, 0.25) is 10.0 Å². The number of hydrogen-bond donors (Lipinski definition) is 2. The first-order valence-electron chi connectivity index (χ1n) is 12.6. The number of halogens is 2. The second-order valence-corrected chi connectivity index (χ2v) is 10.0. The van der Waals surface area contributed by atoms with Gasteiger partial charge in [-0.3, -0.25) is 9.59 Å². The highest BCUT2D eigenvalue weighted by atomic mass is 35.5. The molecule has 0 fully saturated rings. The van der Waals surface area contributed by atoms with E-state index in [0.717, 1.165) is 5.56 Å². The first-order chi connectivity index (χ1) is 19.2. The second kappa shape index (κ2) is 13.4. The van der Waals surface area contributed by atoms with Crippen LogP contribution in [-0.2, 0) is 11.4 Å². The van der Waals surface area contributed by atoms with Gasteiger partial charge in [0.05, 0.1) is 12.8 Å². The molecule has 0 aliphatic carbocycles. The number of carbonyl (C=O) groups is 2. The van der Waals surface area contributed by atoms with E-state index < -0.39 is 17.9 Å². The number of carbonyl (C=O) groups excluding carboxylic acids is 2. The Kier molecular flexibility index (Phi) is 9.74. The van der Waals surface area contributed by atoms with Crippen LogP contribution in [0.3, 0.4) is 0 Å². The molecule has 4 rings (SSSR count). The molecule has 0 saturated carbocycles. The van der Waals surface area contributed by atoms with Crippen LogP contribution in [0.1, 0.15) is 42.3 Å². The fourth-order valence-corrected chi connectivity index (χ4v) is 4.29. The molecule has 0 saturated heterocycles. The Labute approximate surface area is 242 Å². The van der Waals surface area contributed by atoms with Gasteiger partial charge in [-0.1, -0.05) is 43.1 Å². The van der Waals surface area contributed by atoms with Gasteiger partial charge in [-0.25, -0.2) is 5.43 Å². The van der Waals surface area contributed by atoms with Crippen molar-refractivity contribution in [2.45, 2.75) is 33.4 Å². The van der Waals surface area contributed by atoms with Crippen LogP contribution >= 0.6 is 23.2 Å². The Balaban J connectivity index is 1.38. The van der Waals surface area contributed by atoms with Crippen molar-refractivity contribution in [3.05, 3.63) is 81.3 Å². The lowest BCUT2D eigenvalue weighted by Gasteiger charge is -2.20. The number of hydrazone groups is 1. The van der Waals surface area contributed by atoms with Crippen molar-refractivity contribution < 1.29 is 28.5 Å². The molecule has 2 N–H and O–H groups in total. The molecule has 2 amide bonds. The summed E-state index contributed by atoms with van der Waals surface area (Å²) < 4.78 is 22.3. The summed E-state index contributed by atoms with van der Waals surface area (Å²) in [4.78, 5) is 25.7. The zero-order valence-corrected chi connectivity index (χ0v) is 23.7. The zero-order valence-electron chi connectivity index (χ0n) is 22.2. The van der Waals surface area contributed by atoms with Gasteiger partial charge in [0.25, 0.3) is 11.8 Å². The van der Waals surface area contributed by atoms with Gasteiger partial charge in [0.15, 0.2) is 23.0 Å². The van der Waals surface area contributed by atoms with E-state index in [9.17, 15) is 9.59 Å². The summed E-state index contributed by atoms with van der Waals surface area (Å²) >= 11 is 12.2. The van der Waals surface area contributed by atoms with Crippen molar-refractivity contribution in [1.82, 2.24) is 10.7 Å². The zero-order chi connectivity index (χ0) is 28.6. The lowest BCUT2D eigenvalue weighted by molar-refractivity contribution is -0.123. The minimum Gasteiger partial charge on any atom is -0.490 e. The van der Waals surface area contributed by atoms with E-state index >= 15 is 0 Å². The van der Waals surface area contributed by atoms with Gasteiger partial charge in [-0.05, 0) is 66.9 Å². The monoisotopic (exact) mass is 585 g/mol. The summed E-state index contributed by atoms with van der Waals surface area (Å²) in [6.45, 7) is 6.29. The number of fused-ring (bicyclic) bond motifs is 1. The number of nitrogens with one attached hydrogen (secondary N) is 2. The third-order valence-electron chi connectivity index (χ3n) is 5.92. The summed E-state index contributed by atoms with van der Waals surface area (Å²) in [5.74, 6) is 1.04. The molecule has 0 bridgehead atoms. The largest absolute Gasteiger partial charge is 0.490 e. The maximum atomic E-state index is 12.9. The van der Waals surface area contributed by atoms with Crippen molar-refractivity contribution in [3.63, 3.8) is 0 Å². The highest BCUT2D eigenvalue weighted by Crippen LogP contribution is 2.33. The number of nitrogens with zero attached hydrogens (tertiary/aromatic N) is 1. The molecule has 1 aliphatic rings. The fourth-order valence-electron chi connectivity index (χ4n) is 3.82. The molecule has 0 spiro atoms. The minimum absolute atomic E-state index is 0.107. The predicted octanol–water partition coefficient (Wildman–Crippen LogP) is 5.60. The molecular weight excluding hydrogens is 557 g/mol. The van der Waals surface area contributed by atoms with Gasteiger partial charge in [0, 0.05) is 21.2 Å². The summed E-state index contributed by atoms with van der Waals surface area (Å²) in [5, 5.41) is 7.90. The van der Waals surface area contributed by atoms with E-state index in [-0.39, 0.29) is 19.3 Å². The van der Waals surface area contributed by atoms with E-state index in [1.54, 1.807) is 54.6 Å². The van der Waals surface area contributed by atoms with Gasteiger partial charge < -0.3 is 24.3 Å². The Morgan fingerprint density at radius 1 is 1.00 bits per heavy atom. The van der Waals surface area contributed by atoms with Gasteiger partial charge in [0.1, 0.15) is 12.6 Å². The Morgan fingerprint density at radius 3 is 2.55 bits per heavy atom. The standard InChI is InChI=1S/C29H29Cl2N3O6/c1-4-37-25-11-18(5-9-23(25)38-15-20-6-8-21(30)13-22(20)31)14-32-34-29(36)27(17(2)3)33-28(35)19-7-10-24-26(12-19)40-16-39-24/h5-14,17,27H,4,15-16H2,1-3H3,(H,33,35)(H,34,36)/b32-14+. The van der Waals surface area contributed by atoms with E-state index in [0.29, 0.717) is 50.8 Å². The van der Waals surface area contributed by atoms with Gasteiger partial charge in [0.2, 0.25) is 6.79 Å². The smallest absolute Gasteiger partial charge is 0.262 e. The molecule has 11 heteroatoms. The first-order valence-corrected chi connectivity index (χ1v) is 13.4. The van der Waals surface area contributed by atoms with Crippen LogP contribution in [-0.4, -0.2) is 37.5 Å². The normalized spacial score (nSPS) is 12.8. The molecule has 40 heavy (non-hydrogen) atoms. The van der Waals surface area contributed by atoms with Crippen LogP contribution in [0, 0.1) is 5.92 Å². The Hall–Kier alpha value is -3.95. The van der Waals surface area contributed by atoms with Crippen LogP contribution in [0.15, 0.2) is 59.7 Å². The molecule has 1 heterocycles. The van der Waals surface area contributed by atoms with E-state index in [2.05, 4.69) is 15.8 Å². The lowest BCUT2D eigenvalue weighted by Crippen LogP contribution is -2.48. The summed E-state index contributed by atoms with van der Waals surface area (Å²) in [7, 11) is 0. The third kappa shape index (κ3) is 7.37. The van der Waals surface area contributed by atoms with Crippen molar-refractivity contribution in [3.8, 4) is 23.0 Å². The predicted molar refractivity (Wildman–Crippen MR) is 153 cm³/mol. The van der Waals surface area contributed by atoms with Crippen LogP contribution in [0.4, 0.5) is 0 Å². The second-order valence-electron chi connectivity index (χ2n) is 9.16. The van der Waals surface area contributed by atoms with Crippen molar-refractivity contribution >= 4 is 41.2 Å². The molecule has 1 unspecified atom stereocenters. The molecule has 210 valence electrons. The van der Waals surface area contributed by atoms with Gasteiger partial charge >= 0.3 is 0 Å². The molecule has 3 aromatic rings. The fraction of sp³-hybridized carbons (Fsp3) is 0.276. The van der Waals surface area contributed by atoms with E-state index in [4.69, 9.17) is 42.1 Å². The average Bonchev–Trinajstić information content (AvgIpc) is 3.40. The molecule has 1 aliphatic heterocycles. The van der Waals surface area contributed by atoms with Gasteiger partial charge in [-0.2, -0.15) is 5.10 Å². The number of rotatable bonds is 11. The summed E-state index contributed by atoms with van der Waals surface area (Å²) in [5.41, 5.74) is 4.32. The average molecular weight is 586 g/mol. The quantitative estimate of drug-likeness (QED) is 0.224. The molecule has 3 aromatic carbocycles. The highest BCUT2D eigenvalue weighted by Gasteiger charge is 2.25. The molecular formula is C29H29Cl2N3O6. The van der Waals surface area contributed by atoms with Crippen LogP contribution in [0.5, 0.6) is 23.0 Å². The molecule has 0 radical (unpaired) electrons. The van der Waals surface area contributed by atoms with Crippen molar-refractivity contribution in [2.75, 3.05) is 13.4 Å². The van der Waals surface area contributed by atoms with Gasteiger partial charge in [-0.15, -0.1) is 0 Å². The Bertz CT molecular complexity index is 1410. The van der Waals surface area contributed by atoms with Crippen molar-refractivity contribution in [2.24, 2.45) is 11.0 Å². The Morgan fingerprint density at radius 2 is 1.80 bits per heavy atom. The molecule has 0 aromatic heterocycles. The topological polar surface area (TPSA) is 107 Å². The minimum atomic E-state index is -0.815. The first kappa shape index (κ1) is 29.0. The highest BCUT2D eigenvalue weighted by molar-refractivity contribution is 6.35. The number of benzene rings is 3. The van der Waals surface area contributed by atoms with E-state index in [1.165, 1.54) is 6.21 Å². The lowest BCUT2D eigenvalue weighted by atomic mass is 10.0. The van der Waals surface area contributed by atoms with Crippen LogP contribution < -0.4 is 29.7 Å². The maximum Gasteiger partial charge on any atom is 0.262 e. The summed E-state index contributed by atoms with van der Waals surface area (Å²) in [6.07, 6.45) is 1.48. The van der Waals surface area contributed by atoms with E-state index in [1.807, 2.05) is 20.8 Å². The molecule has 9 nitrogen and oxygen atoms in total. The number of amides is 2. The number of ether oxygens (including phenoxy) is 4. The van der Waals surface area contributed by atoms with Crippen LogP contribution in [0.25, 0.3) is 0 Å². The third-order valence-corrected chi connectivity index (χ3v) is 6.51. The molecule has 1 atom stereocenters. The summed E-state index contributed by atoms with van der Waals surface area (Å²) in [6, 6.07) is 14.5. The number of hydrogen-bond acceptors (Lipinski definition) is 7.